The van der Waals surface area contributed by atoms with Crippen molar-refractivity contribution >= 4 is 29.0 Å². The van der Waals surface area contributed by atoms with E-state index in [1.165, 1.54) is 29.5 Å². The number of hydrogen-bond acceptors (Lipinski definition) is 6. The number of anilines is 2. The van der Waals surface area contributed by atoms with E-state index >= 15 is 0 Å². The lowest BCUT2D eigenvalue weighted by atomic mass is 9.99. The minimum absolute atomic E-state index is 0.119. The molecule has 10 heteroatoms. The number of benzene rings is 1. The Morgan fingerprint density at radius 2 is 2.00 bits per heavy atom. The molecule has 26 heavy (non-hydrogen) atoms. The van der Waals surface area contributed by atoms with Crippen molar-refractivity contribution in [3.63, 3.8) is 0 Å². The Hall–Kier alpha value is -3.07. The third kappa shape index (κ3) is 3.21. The van der Waals surface area contributed by atoms with Gasteiger partial charge >= 0.3 is 0 Å². The van der Waals surface area contributed by atoms with Crippen molar-refractivity contribution in [2.45, 2.75) is 0 Å². The van der Waals surface area contributed by atoms with E-state index in [1.807, 2.05) is 4.90 Å². The number of halogens is 2. The number of rotatable bonds is 4. The van der Waals surface area contributed by atoms with Crippen LogP contribution in [0.4, 0.5) is 15.9 Å². The maximum Gasteiger partial charge on any atom is 0.231 e. The molecular weight excluding hydrogens is 361 g/mol. The molecule has 0 unspecified atom stereocenters. The maximum absolute atomic E-state index is 13.8. The molecule has 1 fully saturated rings. The normalized spacial score (nSPS) is 14.2. The van der Waals surface area contributed by atoms with Gasteiger partial charge in [0.15, 0.2) is 5.82 Å². The van der Waals surface area contributed by atoms with Crippen LogP contribution in [0.5, 0.6) is 0 Å². The van der Waals surface area contributed by atoms with E-state index in [9.17, 15) is 9.18 Å². The first-order valence-electron chi connectivity index (χ1n) is 7.78. The molecule has 1 amide bonds. The molecule has 0 bridgehead atoms. The van der Waals surface area contributed by atoms with E-state index in [0.29, 0.717) is 24.7 Å². The van der Waals surface area contributed by atoms with Crippen LogP contribution in [-0.2, 0) is 4.79 Å². The van der Waals surface area contributed by atoms with Crippen LogP contribution in [0.3, 0.4) is 0 Å². The Labute approximate surface area is 152 Å². The maximum atomic E-state index is 13.8. The van der Waals surface area contributed by atoms with Gasteiger partial charge in [-0.05, 0) is 18.2 Å². The molecule has 0 spiro atoms. The van der Waals surface area contributed by atoms with Crippen LogP contribution in [-0.4, -0.2) is 43.7 Å². The highest BCUT2D eigenvalue weighted by molar-refractivity contribution is 6.30. The summed E-state index contributed by atoms with van der Waals surface area (Å²) < 4.78 is 15.3. The average Bonchev–Trinajstić information content (AvgIpc) is 3.11. The quantitative estimate of drug-likeness (QED) is 0.751. The summed E-state index contributed by atoms with van der Waals surface area (Å²) in [6, 6.07) is 5.90. The van der Waals surface area contributed by atoms with E-state index in [0.717, 1.165) is 6.07 Å². The van der Waals surface area contributed by atoms with Crippen molar-refractivity contribution in [3.8, 4) is 5.82 Å². The molecule has 1 N–H and O–H groups in total. The average molecular weight is 374 g/mol. The van der Waals surface area contributed by atoms with Gasteiger partial charge in [-0.15, -0.1) is 0 Å². The van der Waals surface area contributed by atoms with Crippen molar-refractivity contribution in [1.82, 2.24) is 24.7 Å². The molecule has 1 aromatic carbocycles. The fourth-order valence-corrected chi connectivity index (χ4v) is 2.78. The van der Waals surface area contributed by atoms with Crippen LogP contribution in [0.25, 0.3) is 5.82 Å². The Balaban J connectivity index is 1.39. The van der Waals surface area contributed by atoms with E-state index in [4.69, 9.17) is 11.6 Å². The van der Waals surface area contributed by atoms with Crippen LogP contribution in [0, 0.1) is 11.7 Å². The molecule has 0 aliphatic carbocycles. The van der Waals surface area contributed by atoms with E-state index in [1.54, 1.807) is 12.4 Å². The van der Waals surface area contributed by atoms with Gasteiger partial charge in [0.1, 0.15) is 30.6 Å². The Morgan fingerprint density at radius 3 is 2.73 bits per heavy atom. The highest BCUT2D eigenvalue weighted by Gasteiger charge is 2.34. The second-order valence-corrected chi connectivity index (χ2v) is 6.23. The first-order chi connectivity index (χ1) is 12.6. The Morgan fingerprint density at radius 1 is 1.19 bits per heavy atom. The smallest absolute Gasteiger partial charge is 0.231 e. The number of carbonyl (C=O) groups is 1. The lowest BCUT2D eigenvalue weighted by Gasteiger charge is -2.39. The minimum Gasteiger partial charge on any atom is -0.355 e. The van der Waals surface area contributed by atoms with E-state index in [2.05, 4.69) is 25.4 Å². The van der Waals surface area contributed by atoms with Crippen molar-refractivity contribution < 1.29 is 9.18 Å². The number of amides is 1. The van der Waals surface area contributed by atoms with Gasteiger partial charge in [-0.1, -0.05) is 11.6 Å². The summed E-state index contributed by atoms with van der Waals surface area (Å²) in [5, 5.41) is 6.89. The van der Waals surface area contributed by atoms with Gasteiger partial charge in [-0.25, -0.2) is 24.0 Å². The predicted octanol–water partition coefficient (Wildman–Crippen LogP) is 1.92. The first kappa shape index (κ1) is 16.4. The van der Waals surface area contributed by atoms with Crippen molar-refractivity contribution in [2.24, 2.45) is 5.92 Å². The largest absolute Gasteiger partial charge is 0.355 e. The van der Waals surface area contributed by atoms with Gasteiger partial charge in [0, 0.05) is 24.2 Å². The fourth-order valence-electron chi connectivity index (χ4n) is 2.62. The number of hydrogen-bond donors (Lipinski definition) is 1. The van der Waals surface area contributed by atoms with Gasteiger partial charge < -0.3 is 10.2 Å². The zero-order valence-corrected chi connectivity index (χ0v) is 14.1. The zero-order chi connectivity index (χ0) is 18.1. The second kappa shape index (κ2) is 6.68. The number of nitrogens with one attached hydrogen (secondary N) is 1. The molecule has 0 radical (unpaired) electrons. The summed E-state index contributed by atoms with van der Waals surface area (Å²) in [4.78, 5) is 26.4. The van der Waals surface area contributed by atoms with Crippen LogP contribution in [0.2, 0.25) is 5.02 Å². The molecular formula is C16H13ClFN7O. The topological polar surface area (TPSA) is 88.8 Å². The first-order valence-corrected chi connectivity index (χ1v) is 8.16. The van der Waals surface area contributed by atoms with Crippen LogP contribution in [0.15, 0.2) is 43.2 Å². The van der Waals surface area contributed by atoms with E-state index < -0.39 is 5.82 Å². The molecule has 3 heterocycles. The van der Waals surface area contributed by atoms with Gasteiger partial charge in [-0.2, -0.15) is 5.10 Å². The molecule has 2 aromatic heterocycles. The van der Waals surface area contributed by atoms with Gasteiger partial charge in [0.2, 0.25) is 5.91 Å². The third-order valence-corrected chi connectivity index (χ3v) is 4.29. The highest BCUT2D eigenvalue weighted by atomic mass is 35.5. The van der Waals surface area contributed by atoms with Crippen LogP contribution in [0.1, 0.15) is 0 Å². The summed E-state index contributed by atoms with van der Waals surface area (Å²) >= 11 is 5.71. The molecule has 0 atom stereocenters. The molecule has 0 saturated carbocycles. The lowest BCUT2D eigenvalue weighted by Crippen LogP contribution is -2.52. The summed E-state index contributed by atoms with van der Waals surface area (Å²) in [6.45, 7) is 0.962. The molecule has 8 nitrogen and oxygen atoms in total. The molecule has 1 aliphatic heterocycles. The van der Waals surface area contributed by atoms with Crippen LogP contribution < -0.4 is 10.2 Å². The van der Waals surface area contributed by atoms with Gasteiger partial charge in [0.05, 0.1) is 11.6 Å². The Kier molecular flexibility index (Phi) is 4.21. The lowest BCUT2D eigenvalue weighted by molar-refractivity contribution is -0.120. The minimum atomic E-state index is -0.560. The van der Waals surface area contributed by atoms with Gasteiger partial charge in [0.25, 0.3) is 0 Å². The molecule has 3 aromatic rings. The standard InChI is InChI=1S/C16H13ClFN7O/c17-11-1-2-13(12(18)3-11)23-16(26)10-5-24(6-10)14-4-15(21-8-20-14)25-9-19-7-22-25/h1-4,7-10H,5-6H2,(H,23,26). The molecule has 4 rings (SSSR count). The molecule has 1 saturated heterocycles. The Bertz CT molecular complexity index is 944. The summed E-state index contributed by atoms with van der Waals surface area (Å²) in [7, 11) is 0. The zero-order valence-electron chi connectivity index (χ0n) is 13.4. The van der Waals surface area contributed by atoms with Crippen molar-refractivity contribution in [2.75, 3.05) is 23.3 Å². The van der Waals surface area contributed by atoms with Crippen LogP contribution >= 0.6 is 11.6 Å². The van der Waals surface area contributed by atoms with Crippen molar-refractivity contribution in [1.29, 1.82) is 0 Å². The molecule has 1 aliphatic rings. The molecule has 132 valence electrons. The number of carbonyl (C=O) groups excluding carboxylic acids is 1. The highest BCUT2D eigenvalue weighted by Crippen LogP contribution is 2.25. The summed E-state index contributed by atoms with van der Waals surface area (Å²) in [5.74, 6) is 0.217. The predicted molar refractivity (Wildman–Crippen MR) is 92.7 cm³/mol. The van der Waals surface area contributed by atoms with Crippen molar-refractivity contribution in [3.05, 3.63) is 54.1 Å². The fraction of sp³-hybridized carbons (Fsp3) is 0.188. The summed E-state index contributed by atoms with van der Waals surface area (Å²) in [6.07, 6.45) is 4.39. The summed E-state index contributed by atoms with van der Waals surface area (Å²) in [5.41, 5.74) is 0.119. The van der Waals surface area contributed by atoms with Gasteiger partial charge in [-0.3, -0.25) is 4.79 Å². The van der Waals surface area contributed by atoms with E-state index in [-0.39, 0.29) is 22.5 Å². The third-order valence-electron chi connectivity index (χ3n) is 4.06. The SMILES string of the molecule is O=C(Nc1ccc(Cl)cc1F)C1CN(c2cc(-n3cncn3)ncn2)C1. The number of aromatic nitrogens is 5. The monoisotopic (exact) mass is 373 g/mol. The second-order valence-electron chi connectivity index (χ2n) is 5.79. The number of nitrogens with zero attached hydrogens (tertiary/aromatic N) is 6.